The SMILES string of the molecule is CC(C)(C)OC(=O)c1ccccc1-c1ccc(F)c(CN2CCCCC3=CC(C(=O)O)=C=C=C32)c1. The molecule has 1 fully saturated rings. The second kappa shape index (κ2) is 9.79. The summed E-state index contributed by atoms with van der Waals surface area (Å²) in [5.41, 5.74) is 9.09. The van der Waals surface area contributed by atoms with Gasteiger partial charge in [-0.2, -0.15) is 0 Å². The first-order chi connectivity index (χ1) is 16.6. The minimum atomic E-state index is -1.04. The van der Waals surface area contributed by atoms with E-state index in [-0.39, 0.29) is 17.9 Å². The van der Waals surface area contributed by atoms with Gasteiger partial charge < -0.3 is 14.7 Å². The molecule has 4 rings (SSSR count). The van der Waals surface area contributed by atoms with E-state index < -0.39 is 17.5 Å². The summed E-state index contributed by atoms with van der Waals surface area (Å²) < 4.78 is 20.5. The molecule has 0 bridgehead atoms. The van der Waals surface area contributed by atoms with Crippen LogP contribution in [0.2, 0.25) is 0 Å². The summed E-state index contributed by atoms with van der Waals surface area (Å²) in [7, 11) is 0. The first-order valence-corrected chi connectivity index (χ1v) is 11.7. The van der Waals surface area contributed by atoms with Crippen molar-refractivity contribution >= 4 is 11.9 Å². The minimum Gasteiger partial charge on any atom is -0.477 e. The van der Waals surface area contributed by atoms with E-state index in [0.29, 0.717) is 23.2 Å². The molecule has 0 amide bonds. The molecule has 0 aromatic heterocycles. The molecule has 1 aliphatic heterocycles. The Morgan fingerprint density at radius 1 is 1.11 bits per heavy atom. The first kappa shape index (κ1) is 24.3. The number of halogens is 1. The number of ether oxygens (including phenoxy) is 1. The maximum atomic E-state index is 15.0. The second-order valence-corrected chi connectivity index (χ2v) is 9.72. The Labute approximate surface area is 204 Å². The van der Waals surface area contributed by atoms with Gasteiger partial charge in [-0.05, 0) is 86.7 Å². The van der Waals surface area contributed by atoms with Crippen molar-refractivity contribution in [1.29, 1.82) is 0 Å². The number of nitrogens with zero attached hydrogens (tertiary/aromatic N) is 1. The predicted octanol–water partition coefficient (Wildman–Crippen LogP) is 6.02. The number of likely N-dealkylation sites (tertiary alicyclic amines) is 1. The molecule has 1 saturated heterocycles. The molecule has 1 heterocycles. The number of benzene rings is 2. The van der Waals surface area contributed by atoms with Gasteiger partial charge in [-0.1, -0.05) is 30.0 Å². The molecule has 1 aliphatic carbocycles. The lowest BCUT2D eigenvalue weighted by Gasteiger charge is -2.26. The summed E-state index contributed by atoms with van der Waals surface area (Å²) in [5.74, 6) is -1.82. The molecule has 35 heavy (non-hydrogen) atoms. The van der Waals surface area contributed by atoms with Gasteiger partial charge in [0.05, 0.1) is 11.3 Å². The van der Waals surface area contributed by atoms with E-state index in [1.165, 1.54) is 6.07 Å². The molecule has 0 saturated carbocycles. The summed E-state index contributed by atoms with van der Waals surface area (Å²) in [5, 5.41) is 9.31. The number of allylic oxidation sites excluding steroid dienone is 1. The topological polar surface area (TPSA) is 66.8 Å². The van der Waals surface area contributed by atoms with Crippen molar-refractivity contribution in [3.63, 3.8) is 0 Å². The Kier molecular flexibility index (Phi) is 6.79. The monoisotopic (exact) mass is 473 g/mol. The van der Waals surface area contributed by atoms with E-state index in [4.69, 9.17) is 4.74 Å². The van der Waals surface area contributed by atoms with E-state index in [1.54, 1.807) is 30.3 Å². The van der Waals surface area contributed by atoms with Crippen LogP contribution in [-0.2, 0) is 16.1 Å². The van der Waals surface area contributed by atoms with Gasteiger partial charge in [0.25, 0.3) is 0 Å². The van der Waals surface area contributed by atoms with Crippen LogP contribution in [0.3, 0.4) is 0 Å². The maximum absolute atomic E-state index is 15.0. The average Bonchev–Trinajstić information content (AvgIpc) is 3.01. The Morgan fingerprint density at radius 2 is 1.89 bits per heavy atom. The Hall–Kier alpha value is -3.85. The van der Waals surface area contributed by atoms with Crippen molar-refractivity contribution in [2.45, 2.75) is 52.2 Å². The molecule has 180 valence electrons. The lowest BCUT2D eigenvalue weighted by molar-refractivity contribution is -0.132. The van der Waals surface area contributed by atoms with Gasteiger partial charge in [-0.15, -0.1) is 0 Å². The van der Waals surface area contributed by atoms with E-state index >= 15 is 0 Å². The third kappa shape index (κ3) is 5.63. The third-order valence-corrected chi connectivity index (χ3v) is 5.87. The Morgan fingerprint density at radius 3 is 2.63 bits per heavy atom. The standard InChI is InChI=1S/C29H28FNO4/c1-29(2,3)35-28(34)24-10-5-4-9-23(24)19-11-13-25(30)22(16-19)18-31-15-7-6-8-20-17-21(27(32)33)12-14-26(20)31/h4-5,9-11,13,16-17H,6-8,15,18H2,1-3H3,(H,32,33). The van der Waals surface area contributed by atoms with Gasteiger partial charge in [0.1, 0.15) is 17.0 Å². The highest BCUT2D eigenvalue weighted by Crippen LogP contribution is 2.32. The fraction of sp³-hybridized carbons (Fsp3) is 0.310. The number of carbonyl (C=O) groups is 2. The van der Waals surface area contributed by atoms with E-state index in [1.807, 2.05) is 37.8 Å². The van der Waals surface area contributed by atoms with Crippen LogP contribution in [0.15, 0.2) is 76.8 Å². The van der Waals surface area contributed by atoms with Crippen molar-refractivity contribution in [2.24, 2.45) is 0 Å². The molecule has 2 aliphatic rings. The normalized spacial score (nSPS) is 15.4. The number of hydrogen-bond acceptors (Lipinski definition) is 4. The molecular formula is C29H28FNO4. The summed E-state index contributed by atoms with van der Waals surface area (Å²) in [4.78, 5) is 26.2. The zero-order valence-corrected chi connectivity index (χ0v) is 20.2. The minimum absolute atomic E-state index is 0.0810. The first-order valence-electron chi connectivity index (χ1n) is 11.7. The molecule has 6 heteroatoms. The molecular weight excluding hydrogens is 445 g/mol. The summed E-state index contributed by atoms with van der Waals surface area (Å²) >= 11 is 0. The van der Waals surface area contributed by atoms with Gasteiger partial charge in [0.2, 0.25) is 0 Å². The largest absolute Gasteiger partial charge is 0.477 e. The predicted molar refractivity (Wildman–Crippen MR) is 131 cm³/mol. The van der Waals surface area contributed by atoms with Crippen molar-refractivity contribution in [3.8, 4) is 11.1 Å². The average molecular weight is 474 g/mol. The van der Waals surface area contributed by atoms with Crippen LogP contribution in [0.4, 0.5) is 4.39 Å². The van der Waals surface area contributed by atoms with Crippen molar-refractivity contribution in [3.05, 3.63) is 93.8 Å². The molecule has 0 radical (unpaired) electrons. The van der Waals surface area contributed by atoms with Crippen LogP contribution in [0.5, 0.6) is 0 Å². The van der Waals surface area contributed by atoms with Gasteiger partial charge >= 0.3 is 11.9 Å². The molecule has 0 atom stereocenters. The number of rotatable bonds is 5. The van der Waals surface area contributed by atoms with Crippen LogP contribution in [-0.4, -0.2) is 34.1 Å². The third-order valence-electron chi connectivity index (χ3n) is 5.87. The van der Waals surface area contributed by atoms with Crippen LogP contribution >= 0.6 is 0 Å². The Bertz CT molecular complexity index is 1320. The highest BCUT2D eigenvalue weighted by Gasteiger charge is 2.24. The molecule has 0 unspecified atom stereocenters. The van der Waals surface area contributed by atoms with Gasteiger partial charge in [0.15, 0.2) is 0 Å². The fourth-order valence-electron chi connectivity index (χ4n) is 4.28. The number of carboxylic acids is 1. The van der Waals surface area contributed by atoms with Gasteiger partial charge in [0, 0.05) is 18.7 Å². The lowest BCUT2D eigenvalue weighted by atomic mass is 9.97. The van der Waals surface area contributed by atoms with Crippen molar-refractivity contribution < 1.29 is 23.8 Å². The smallest absolute Gasteiger partial charge is 0.344 e. The van der Waals surface area contributed by atoms with E-state index in [0.717, 1.165) is 36.1 Å². The quantitative estimate of drug-likeness (QED) is 0.425. The van der Waals surface area contributed by atoms with E-state index in [9.17, 15) is 19.1 Å². The number of carboxylic acid groups (broad SMARTS) is 1. The number of aliphatic carboxylic acids is 1. The van der Waals surface area contributed by atoms with Crippen molar-refractivity contribution in [2.75, 3.05) is 6.54 Å². The highest BCUT2D eigenvalue weighted by atomic mass is 19.1. The second-order valence-electron chi connectivity index (χ2n) is 9.72. The summed E-state index contributed by atoms with van der Waals surface area (Å²) in [6.07, 6.45) is 4.18. The molecule has 2 aromatic rings. The summed E-state index contributed by atoms with van der Waals surface area (Å²) in [6, 6.07) is 12.0. The number of fused-ring (bicyclic) bond motifs is 1. The number of hydrogen-bond donors (Lipinski definition) is 1. The maximum Gasteiger partial charge on any atom is 0.344 e. The zero-order chi connectivity index (χ0) is 25.2. The van der Waals surface area contributed by atoms with Crippen molar-refractivity contribution in [1.82, 2.24) is 4.90 Å². The van der Waals surface area contributed by atoms with Crippen LogP contribution in [0.1, 0.15) is 56.0 Å². The highest BCUT2D eigenvalue weighted by molar-refractivity contribution is 5.97. The number of carbonyl (C=O) groups excluding carboxylic acids is 1. The summed E-state index contributed by atoms with van der Waals surface area (Å²) in [6.45, 7) is 6.43. The molecule has 5 nitrogen and oxygen atoms in total. The Balaban J connectivity index is 1.69. The fourth-order valence-corrected chi connectivity index (χ4v) is 4.28. The molecule has 2 aromatic carbocycles. The van der Waals surface area contributed by atoms with Crippen LogP contribution < -0.4 is 0 Å². The van der Waals surface area contributed by atoms with E-state index in [2.05, 4.69) is 11.5 Å². The van der Waals surface area contributed by atoms with Crippen LogP contribution in [0, 0.1) is 5.82 Å². The van der Waals surface area contributed by atoms with Crippen LogP contribution in [0.25, 0.3) is 11.1 Å². The lowest BCUT2D eigenvalue weighted by Crippen LogP contribution is -2.24. The molecule has 0 spiro atoms. The van der Waals surface area contributed by atoms with Gasteiger partial charge in [-0.3, -0.25) is 0 Å². The number of esters is 1. The van der Waals surface area contributed by atoms with Gasteiger partial charge in [-0.25, -0.2) is 14.0 Å². The zero-order valence-electron chi connectivity index (χ0n) is 20.2. The molecule has 1 N–H and O–H groups in total.